The normalized spacial score (nSPS) is 25.4. The number of nitrogens with zero attached hydrogens (tertiary/aromatic N) is 3. The molecule has 0 amide bonds. The molecule has 1 aliphatic rings. The first kappa shape index (κ1) is 10.6. The smallest absolute Gasteiger partial charge is 0.255 e. The van der Waals surface area contributed by atoms with Crippen LogP contribution in [-0.4, -0.2) is 40.3 Å². The van der Waals surface area contributed by atoms with Crippen LogP contribution < -0.4 is 0 Å². The fraction of sp³-hybridized carbons (Fsp3) is 0.800. The SMILES string of the molecule is CC(O)c1nc(C2CCCN(C)C2)no1. The van der Waals surface area contributed by atoms with Crippen LogP contribution in [-0.2, 0) is 0 Å². The van der Waals surface area contributed by atoms with Gasteiger partial charge in [0.05, 0.1) is 0 Å². The molecule has 2 heterocycles. The second-order valence-electron chi connectivity index (χ2n) is 4.27. The highest BCUT2D eigenvalue weighted by atomic mass is 16.5. The standard InChI is InChI=1S/C10H17N3O2/c1-7(14)10-11-9(12-15-10)8-4-3-5-13(2)6-8/h7-8,14H,3-6H2,1-2H3. The van der Waals surface area contributed by atoms with E-state index < -0.39 is 6.10 Å². The number of likely N-dealkylation sites (N-methyl/N-ethyl adjacent to an activating group) is 1. The Morgan fingerprint density at radius 3 is 3.00 bits per heavy atom. The number of likely N-dealkylation sites (tertiary alicyclic amines) is 1. The molecule has 1 N–H and O–H groups in total. The van der Waals surface area contributed by atoms with Crippen LogP contribution in [0.5, 0.6) is 0 Å². The Morgan fingerprint density at radius 1 is 1.60 bits per heavy atom. The van der Waals surface area contributed by atoms with Gasteiger partial charge in [-0.15, -0.1) is 0 Å². The summed E-state index contributed by atoms with van der Waals surface area (Å²) < 4.78 is 4.98. The van der Waals surface area contributed by atoms with E-state index in [1.54, 1.807) is 6.92 Å². The number of rotatable bonds is 2. The van der Waals surface area contributed by atoms with Crippen LogP contribution in [0.15, 0.2) is 4.52 Å². The first-order chi connectivity index (χ1) is 7.16. The average Bonchev–Trinajstić information content (AvgIpc) is 2.66. The molecular weight excluding hydrogens is 194 g/mol. The highest BCUT2D eigenvalue weighted by Crippen LogP contribution is 2.24. The Balaban J connectivity index is 2.08. The zero-order valence-electron chi connectivity index (χ0n) is 9.18. The van der Waals surface area contributed by atoms with Crippen LogP contribution in [0.1, 0.15) is 43.5 Å². The van der Waals surface area contributed by atoms with E-state index in [4.69, 9.17) is 4.52 Å². The first-order valence-corrected chi connectivity index (χ1v) is 5.37. The predicted octanol–water partition coefficient (Wildman–Crippen LogP) is 0.932. The van der Waals surface area contributed by atoms with E-state index in [-0.39, 0.29) is 0 Å². The van der Waals surface area contributed by atoms with Crippen molar-refractivity contribution in [2.45, 2.75) is 31.8 Å². The van der Waals surface area contributed by atoms with Gasteiger partial charge in [-0.05, 0) is 33.4 Å². The molecule has 1 aliphatic heterocycles. The Morgan fingerprint density at radius 2 is 2.40 bits per heavy atom. The van der Waals surface area contributed by atoms with E-state index in [2.05, 4.69) is 22.1 Å². The zero-order chi connectivity index (χ0) is 10.8. The summed E-state index contributed by atoms with van der Waals surface area (Å²) in [6.07, 6.45) is 1.59. The minimum absolute atomic E-state index is 0.318. The third kappa shape index (κ3) is 2.35. The van der Waals surface area contributed by atoms with Gasteiger partial charge in [0.15, 0.2) is 5.82 Å². The van der Waals surface area contributed by atoms with Crippen molar-refractivity contribution in [3.63, 3.8) is 0 Å². The molecule has 15 heavy (non-hydrogen) atoms. The van der Waals surface area contributed by atoms with Crippen molar-refractivity contribution in [1.29, 1.82) is 0 Å². The largest absolute Gasteiger partial charge is 0.384 e. The quantitative estimate of drug-likeness (QED) is 0.788. The van der Waals surface area contributed by atoms with E-state index in [1.807, 2.05) is 0 Å². The molecule has 5 heteroatoms. The van der Waals surface area contributed by atoms with Crippen molar-refractivity contribution < 1.29 is 9.63 Å². The number of aromatic nitrogens is 2. The van der Waals surface area contributed by atoms with Crippen LogP contribution in [0.25, 0.3) is 0 Å². The van der Waals surface area contributed by atoms with Crippen molar-refractivity contribution in [2.75, 3.05) is 20.1 Å². The minimum atomic E-state index is -0.674. The molecule has 2 atom stereocenters. The zero-order valence-corrected chi connectivity index (χ0v) is 9.18. The van der Waals surface area contributed by atoms with Crippen LogP contribution >= 0.6 is 0 Å². The molecule has 1 aromatic heterocycles. The highest BCUT2D eigenvalue weighted by Gasteiger charge is 2.24. The maximum atomic E-state index is 9.28. The molecule has 84 valence electrons. The first-order valence-electron chi connectivity index (χ1n) is 5.37. The molecular formula is C10H17N3O2. The Bertz CT molecular complexity index is 324. The van der Waals surface area contributed by atoms with E-state index in [9.17, 15) is 5.11 Å². The lowest BCUT2D eigenvalue weighted by Crippen LogP contribution is -2.31. The molecule has 1 saturated heterocycles. The maximum Gasteiger partial charge on any atom is 0.255 e. The van der Waals surface area contributed by atoms with Crippen molar-refractivity contribution in [3.05, 3.63) is 11.7 Å². The van der Waals surface area contributed by atoms with E-state index >= 15 is 0 Å². The van der Waals surface area contributed by atoms with Gasteiger partial charge in [0, 0.05) is 12.5 Å². The highest BCUT2D eigenvalue weighted by molar-refractivity contribution is 4.99. The second kappa shape index (κ2) is 4.28. The molecule has 5 nitrogen and oxygen atoms in total. The van der Waals surface area contributed by atoms with E-state index in [0.717, 1.165) is 25.3 Å². The molecule has 0 spiro atoms. The minimum Gasteiger partial charge on any atom is -0.384 e. The summed E-state index contributed by atoms with van der Waals surface area (Å²) in [4.78, 5) is 6.48. The van der Waals surface area contributed by atoms with Gasteiger partial charge in [0.1, 0.15) is 6.10 Å². The average molecular weight is 211 g/mol. The van der Waals surface area contributed by atoms with Gasteiger partial charge in [0.25, 0.3) is 5.89 Å². The Labute approximate surface area is 89.1 Å². The summed E-state index contributed by atoms with van der Waals surface area (Å²) in [5.74, 6) is 1.40. The lowest BCUT2D eigenvalue weighted by atomic mass is 9.98. The number of hydrogen-bond acceptors (Lipinski definition) is 5. The number of piperidine rings is 1. The van der Waals surface area contributed by atoms with Gasteiger partial charge >= 0.3 is 0 Å². The molecule has 0 radical (unpaired) electrons. The number of hydrogen-bond donors (Lipinski definition) is 1. The van der Waals surface area contributed by atoms with Crippen LogP contribution in [0.4, 0.5) is 0 Å². The van der Waals surface area contributed by atoms with E-state index in [1.165, 1.54) is 6.42 Å². The van der Waals surface area contributed by atoms with Gasteiger partial charge in [-0.1, -0.05) is 5.16 Å². The summed E-state index contributed by atoms with van der Waals surface area (Å²) in [6, 6.07) is 0. The summed E-state index contributed by atoms with van der Waals surface area (Å²) in [7, 11) is 2.10. The number of aliphatic hydroxyl groups excluding tert-OH is 1. The van der Waals surface area contributed by atoms with Gasteiger partial charge in [-0.3, -0.25) is 0 Å². The lowest BCUT2D eigenvalue weighted by molar-refractivity contribution is 0.151. The molecule has 0 aliphatic carbocycles. The van der Waals surface area contributed by atoms with Crippen molar-refractivity contribution in [3.8, 4) is 0 Å². The van der Waals surface area contributed by atoms with Crippen LogP contribution in [0.3, 0.4) is 0 Å². The summed E-state index contributed by atoms with van der Waals surface area (Å²) in [5, 5.41) is 13.2. The van der Waals surface area contributed by atoms with Crippen molar-refractivity contribution in [1.82, 2.24) is 15.0 Å². The van der Waals surface area contributed by atoms with Gasteiger partial charge in [-0.25, -0.2) is 0 Å². The van der Waals surface area contributed by atoms with Gasteiger partial charge in [-0.2, -0.15) is 4.98 Å². The molecule has 1 aromatic rings. The molecule has 0 aromatic carbocycles. The Hall–Kier alpha value is -0.940. The molecule has 2 rings (SSSR count). The third-order valence-electron chi connectivity index (χ3n) is 2.80. The van der Waals surface area contributed by atoms with Crippen LogP contribution in [0.2, 0.25) is 0 Å². The third-order valence-corrected chi connectivity index (χ3v) is 2.80. The maximum absolute atomic E-state index is 9.28. The monoisotopic (exact) mass is 211 g/mol. The summed E-state index contributed by atoms with van der Waals surface area (Å²) >= 11 is 0. The van der Waals surface area contributed by atoms with Crippen molar-refractivity contribution in [2.24, 2.45) is 0 Å². The lowest BCUT2D eigenvalue weighted by Gasteiger charge is -2.27. The molecule has 0 saturated carbocycles. The summed E-state index contributed by atoms with van der Waals surface area (Å²) in [5.41, 5.74) is 0. The van der Waals surface area contributed by atoms with Gasteiger partial charge in [0.2, 0.25) is 0 Å². The van der Waals surface area contributed by atoms with E-state index in [0.29, 0.717) is 11.8 Å². The molecule has 1 fully saturated rings. The topological polar surface area (TPSA) is 62.4 Å². The number of aliphatic hydroxyl groups is 1. The predicted molar refractivity (Wildman–Crippen MR) is 54.4 cm³/mol. The van der Waals surface area contributed by atoms with Crippen LogP contribution in [0, 0.1) is 0 Å². The van der Waals surface area contributed by atoms with Crippen molar-refractivity contribution >= 4 is 0 Å². The van der Waals surface area contributed by atoms with Gasteiger partial charge < -0.3 is 14.5 Å². The fourth-order valence-corrected chi connectivity index (χ4v) is 1.96. The Kier molecular flexibility index (Phi) is 3.02. The molecule has 2 unspecified atom stereocenters. The summed E-state index contributed by atoms with van der Waals surface area (Å²) in [6.45, 7) is 3.74. The fourth-order valence-electron chi connectivity index (χ4n) is 1.96. The second-order valence-corrected chi connectivity index (χ2v) is 4.27. The molecule has 0 bridgehead atoms.